The number of nitrogens with two attached hydrogens (primary N) is 1. The minimum absolute atomic E-state index is 0.0136. The molecule has 1 aliphatic heterocycles. The second-order valence-corrected chi connectivity index (χ2v) is 7.45. The Bertz CT molecular complexity index is 1020. The third-order valence-corrected chi connectivity index (χ3v) is 5.46. The molecule has 2 N–H and O–H groups in total. The Labute approximate surface area is 163 Å². The third-order valence-electron chi connectivity index (χ3n) is 5.46. The van der Waals surface area contributed by atoms with Crippen molar-refractivity contribution in [1.29, 1.82) is 0 Å². The predicted octanol–water partition coefficient (Wildman–Crippen LogP) is 3.06. The first kappa shape index (κ1) is 18.6. The number of amides is 1. The van der Waals surface area contributed by atoms with E-state index >= 15 is 0 Å². The molecule has 1 aliphatic rings. The Morgan fingerprint density at radius 2 is 2.18 bits per heavy atom. The average Bonchev–Trinajstić information content (AvgIpc) is 3.13. The van der Waals surface area contributed by atoms with Crippen LogP contribution in [-0.2, 0) is 13.6 Å². The van der Waals surface area contributed by atoms with Gasteiger partial charge in [-0.15, -0.1) is 0 Å². The molecule has 7 heteroatoms. The van der Waals surface area contributed by atoms with Gasteiger partial charge in [-0.2, -0.15) is 5.10 Å². The molecule has 2 aromatic heterocycles. The Balaban J connectivity index is 1.75. The first-order valence-electron chi connectivity index (χ1n) is 9.57. The summed E-state index contributed by atoms with van der Waals surface area (Å²) in [6.07, 6.45) is 6.74. The molecule has 146 valence electrons. The molecule has 4 rings (SSSR count). The lowest BCUT2D eigenvalue weighted by Crippen LogP contribution is -2.40. The molecule has 3 heterocycles. The highest BCUT2D eigenvalue weighted by Gasteiger charge is 2.22. The van der Waals surface area contributed by atoms with Crippen LogP contribution in [0.1, 0.15) is 35.3 Å². The molecule has 0 saturated carbocycles. The van der Waals surface area contributed by atoms with Crippen LogP contribution in [0, 0.1) is 0 Å². The summed E-state index contributed by atoms with van der Waals surface area (Å²) in [7, 11) is 1.85. The molecule has 0 bridgehead atoms. The summed E-state index contributed by atoms with van der Waals surface area (Å²) in [5, 5.41) is 5.16. The summed E-state index contributed by atoms with van der Waals surface area (Å²) >= 11 is 0. The Morgan fingerprint density at radius 3 is 2.89 bits per heavy atom. The molecule has 1 saturated heterocycles. The fraction of sp³-hybridized carbons (Fsp3) is 0.381. The van der Waals surface area contributed by atoms with Crippen molar-refractivity contribution < 1.29 is 9.18 Å². The van der Waals surface area contributed by atoms with Crippen molar-refractivity contribution in [1.82, 2.24) is 19.7 Å². The molecule has 0 radical (unpaired) electrons. The highest BCUT2D eigenvalue weighted by molar-refractivity contribution is 6.00. The van der Waals surface area contributed by atoms with Crippen LogP contribution < -0.4 is 5.73 Å². The maximum atomic E-state index is 13.4. The quantitative estimate of drug-likeness (QED) is 0.737. The highest BCUT2D eigenvalue weighted by Crippen LogP contribution is 2.30. The molecule has 3 aromatic rings. The largest absolute Gasteiger partial charge is 0.364 e. The zero-order valence-corrected chi connectivity index (χ0v) is 15.9. The van der Waals surface area contributed by atoms with Crippen LogP contribution in [0.3, 0.4) is 0 Å². The average molecular weight is 381 g/mol. The zero-order chi connectivity index (χ0) is 19.7. The molecule has 1 atom stereocenters. The van der Waals surface area contributed by atoms with E-state index in [0.717, 1.165) is 47.9 Å². The number of halogens is 1. The molecule has 1 unspecified atom stereocenters. The number of alkyl halides is 1. The number of rotatable bonds is 5. The maximum Gasteiger partial charge on any atom is 0.267 e. The van der Waals surface area contributed by atoms with Crippen molar-refractivity contribution in [2.75, 3.05) is 13.2 Å². The normalized spacial score (nSPS) is 17.9. The lowest BCUT2D eigenvalue weighted by atomic mass is 9.99. The van der Waals surface area contributed by atoms with Gasteiger partial charge in [0, 0.05) is 36.8 Å². The number of primary amides is 1. The molecular formula is C21H24FN5O. The van der Waals surface area contributed by atoms with Crippen molar-refractivity contribution in [3.8, 4) is 11.1 Å². The van der Waals surface area contributed by atoms with Gasteiger partial charge in [-0.25, -0.2) is 9.37 Å². The van der Waals surface area contributed by atoms with Gasteiger partial charge in [0.15, 0.2) is 0 Å². The highest BCUT2D eigenvalue weighted by atomic mass is 19.1. The second kappa shape index (κ2) is 7.67. The zero-order valence-electron chi connectivity index (χ0n) is 15.9. The van der Waals surface area contributed by atoms with E-state index in [9.17, 15) is 9.18 Å². The van der Waals surface area contributed by atoms with E-state index in [2.05, 4.69) is 21.0 Å². The van der Waals surface area contributed by atoms with Crippen molar-refractivity contribution in [3.63, 3.8) is 0 Å². The summed E-state index contributed by atoms with van der Waals surface area (Å²) in [5.74, 6) is -0.564. The van der Waals surface area contributed by atoms with E-state index in [4.69, 9.17) is 5.73 Å². The molecule has 1 fully saturated rings. The number of aromatic nitrogens is 3. The van der Waals surface area contributed by atoms with Crippen LogP contribution in [0.15, 0.2) is 36.7 Å². The second-order valence-electron chi connectivity index (χ2n) is 7.45. The van der Waals surface area contributed by atoms with E-state index in [1.165, 1.54) is 0 Å². The van der Waals surface area contributed by atoms with Crippen LogP contribution in [-0.4, -0.2) is 44.8 Å². The minimum Gasteiger partial charge on any atom is -0.364 e. The first-order valence-corrected chi connectivity index (χ1v) is 9.57. The fourth-order valence-electron chi connectivity index (χ4n) is 3.98. The van der Waals surface area contributed by atoms with Crippen LogP contribution in [0.4, 0.5) is 4.39 Å². The first-order chi connectivity index (χ1) is 13.5. The number of hydrogen-bond acceptors (Lipinski definition) is 4. The molecule has 1 aromatic carbocycles. The number of nitrogens with zero attached hydrogens (tertiary/aromatic N) is 4. The van der Waals surface area contributed by atoms with Crippen molar-refractivity contribution in [2.24, 2.45) is 12.8 Å². The number of aryl methyl sites for hydroxylation is 1. The van der Waals surface area contributed by atoms with Crippen LogP contribution in [0.25, 0.3) is 22.0 Å². The van der Waals surface area contributed by atoms with Crippen molar-refractivity contribution in [3.05, 3.63) is 47.9 Å². The van der Waals surface area contributed by atoms with Gasteiger partial charge in [0.25, 0.3) is 5.91 Å². The number of pyridine rings is 1. The number of likely N-dealkylation sites (tertiary alicyclic amines) is 1. The lowest BCUT2D eigenvalue weighted by molar-refractivity contribution is 0.0996. The monoisotopic (exact) mass is 381 g/mol. The summed E-state index contributed by atoms with van der Waals surface area (Å²) in [5.41, 5.74) is 9.27. The summed E-state index contributed by atoms with van der Waals surface area (Å²) < 4.78 is 15.1. The summed E-state index contributed by atoms with van der Waals surface area (Å²) in [6.45, 7) is 1.26. The Morgan fingerprint density at radius 1 is 1.32 bits per heavy atom. The number of carbonyl (C=O) groups excluding carboxylic acids is 1. The summed E-state index contributed by atoms with van der Waals surface area (Å²) in [6, 6.07) is 7.74. The smallest absolute Gasteiger partial charge is 0.267 e. The van der Waals surface area contributed by atoms with E-state index in [0.29, 0.717) is 12.1 Å². The van der Waals surface area contributed by atoms with Crippen LogP contribution in [0.5, 0.6) is 0 Å². The topological polar surface area (TPSA) is 77.0 Å². The van der Waals surface area contributed by atoms with E-state index in [1.807, 2.05) is 25.4 Å². The number of carbonyl (C=O) groups is 1. The molecule has 6 nitrogen and oxygen atoms in total. The lowest BCUT2D eigenvalue weighted by Gasteiger charge is -2.34. The number of fused-ring (bicyclic) bond motifs is 1. The fourth-order valence-corrected chi connectivity index (χ4v) is 3.98. The number of hydrogen-bond donors (Lipinski definition) is 1. The SMILES string of the molecule is Cn1cc(-c2cc(C(N)=O)nc3cc(CN4CCCCC4CF)ccc23)cn1. The minimum atomic E-state index is -0.564. The van der Waals surface area contributed by atoms with Gasteiger partial charge in [0.1, 0.15) is 12.4 Å². The van der Waals surface area contributed by atoms with Crippen LogP contribution >= 0.6 is 0 Å². The molecular weight excluding hydrogens is 357 g/mol. The van der Waals surface area contributed by atoms with E-state index < -0.39 is 5.91 Å². The molecule has 28 heavy (non-hydrogen) atoms. The third kappa shape index (κ3) is 3.62. The molecule has 0 aliphatic carbocycles. The van der Waals surface area contributed by atoms with Crippen LogP contribution in [0.2, 0.25) is 0 Å². The van der Waals surface area contributed by atoms with Gasteiger partial charge in [0.05, 0.1) is 11.7 Å². The number of benzene rings is 1. The molecule has 0 spiro atoms. The van der Waals surface area contributed by atoms with E-state index in [-0.39, 0.29) is 18.4 Å². The van der Waals surface area contributed by atoms with E-state index in [1.54, 1.807) is 16.9 Å². The van der Waals surface area contributed by atoms with Crippen molar-refractivity contribution >= 4 is 16.8 Å². The molecule has 1 amide bonds. The van der Waals surface area contributed by atoms with Gasteiger partial charge in [0.2, 0.25) is 0 Å². The Hall–Kier alpha value is -2.80. The van der Waals surface area contributed by atoms with Crippen molar-refractivity contribution in [2.45, 2.75) is 31.8 Å². The number of piperidine rings is 1. The van der Waals surface area contributed by atoms with Gasteiger partial charge in [-0.1, -0.05) is 18.6 Å². The van der Waals surface area contributed by atoms with Gasteiger partial charge < -0.3 is 5.73 Å². The Kier molecular flexibility index (Phi) is 5.09. The predicted molar refractivity (Wildman–Crippen MR) is 106 cm³/mol. The standard InChI is InChI=1S/C21H24FN5O/c1-26-13-15(11-24-26)18-9-20(21(23)28)25-19-8-14(5-6-17(18)19)12-27-7-3-2-4-16(27)10-22/h5-6,8-9,11,13,16H,2-4,7,10,12H2,1H3,(H2,23,28). The summed E-state index contributed by atoms with van der Waals surface area (Å²) in [4.78, 5) is 18.5. The van der Waals surface area contributed by atoms with Gasteiger partial charge in [-0.3, -0.25) is 14.4 Å². The van der Waals surface area contributed by atoms with Gasteiger partial charge >= 0.3 is 0 Å². The van der Waals surface area contributed by atoms with Gasteiger partial charge in [-0.05, 0) is 42.6 Å². The maximum absolute atomic E-state index is 13.4.